The molecular weight excluding hydrogens is 243 g/mol. The first-order chi connectivity index (χ1) is 9.09. The lowest BCUT2D eigenvalue weighted by molar-refractivity contribution is -0.143. The summed E-state index contributed by atoms with van der Waals surface area (Å²) in [5, 5.41) is 8.67. The number of hydrogen-bond donors (Lipinski definition) is 1. The lowest BCUT2D eigenvalue weighted by Crippen LogP contribution is -2.21. The Morgan fingerprint density at radius 3 is 2.05 bits per heavy atom. The van der Waals surface area contributed by atoms with Gasteiger partial charge in [-0.25, -0.2) is 9.18 Å². The van der Waals surface area contributed by atoms with Crippen LogP contribution < -0.4 is 0 Å². The van der Waals surface area contributed by atoms with Crippen LogP contribution in [0.1, 0.15) is 18.4 Å². The average molecular weight is 258 g/mol. The lowest BCUT2D eigenvalue weighted by Gasteiger charge is -2.14. The fraction of sp³-hybridized carbons (Fsp3) is 0.188. The third-order valence-corrected chi connectivity index (χ3v) is 3.22. The molecule has 1 N–H and O–H groups in total. The van der Waals surface area contributed by atoms with E-state index >= 15 is 0 Å². The van der Waals surface area contributed by atoms with E-state index in [9.17, 15) is 9.18 Å². The predicted octanol–water partition coefficient (Wildman–Crippen LogP) is 3.88. The maximum atomic E-state index is 13.4. The van der Waals surface area contributed by atoms with Crippen molar-refractivity contribution in [3.05, 3.63) is 60.2 Å². The van der Waals surface area contributed by atoms with E-state index in [-0.39, 0.29) is 0 Å². The third-order valence-electron chi connectivity index (χ3n) is 3.22. The molecule has 0 aliphatic carbocycles. The molecule has 0 heterocycles. The SMILES string of the molecule is CC(c1ccc(-c2ccccc2)cc1)C(F)C(=O)O. The summed E-state index contributed by atoms with van der Waals surface area (Å²) in [6, 6.07) is 17.2. The summed E-state index contributed by atoms with van der Waals surface area (Å²) in [5.41, 5.74) is 2.80. The summed E-state index contributed by atoms with van der Waals surface area (Å²) in [4.78, 5) is 10.6. The minimum Gasteiger partial charge on any atom is -0.479 e. The number of hydrogen-bond acceptors (Lipinski definition) is 1. The molecule has 0 amide bonds. The van der Waals surface area contributed by atoms with Crippen LogP contribution in [0.15, 0.2) is 54.6 Å². The Labute approximate surface area is 111 Å². The Morgan fingerprint density at radius 2 is 1.53 bits per heavy atom. The fourth-order valence-electron chi connectivity index (χ4n) is 1.99. The molecule has 2 unspecified atom stereocenters. The molecule has 0 saturated heterocycles. The second-order valence-corrected chi connectivity index (χ2v) is 4.52. The molecule has 0 bridgehead atoms. The summed E-state index contributed by atoms with van der Waals surface area (Å²) in [6.45, 7) is 1.58. The van der Waals surface area contributed by atoms with E-state index in [2.05, 4.69) is 0 Å². The molecule has 0 radical (unpaired) electrons. The Kier molecular flexibility index (Phi) is 3.95. The van der Waals surface area contributed by atoms with Crippen molar-refractivity contribution in [2.45, 2.75) is 19.0 Å². The number of halogens is 1. The first-order valence-corrected chi connectivity index (χ1v) is 6.12. The largest absolute Gasteiger partial charge is 0.479 e. The van der Waals surface area contributed by atoms with Gasteiger partial charge in [-0.05, 0) is 16.7 Å². The van der Waals surface area contributed by atoms with Crippen molar-refractivity contribution in [2.24, 2.45) is 0 Å². The van der Waals surface area contributed by atoms with Crippen LogP contribution in [-0.2, 0) is 4.79 Å². The Morgan fingerprint density at radius 1 is 1.00 bits per heavy atom. The molecule has 0 spiro atoms. The van der Waals surface area contributed by atoms with E-state index in [4.69, 9.17) is 5.11 Å². The van der Waals surface area contributed by atoms with Gasteiger partial charge in [-0.15, -0.1) is 0 Å². The normalized spacial score (nSPS) is 13.8. The van der Waals surface area contributed by atoms with Crippen LogP contribution in [0, 0.1) is 0 Å². The first-order valence-electron chi connectivity index (χ1n) is 6.12. The van der Waals surface area contributed by atoms with Gasteiger partial charge in [0.2, 0.25) is 6.17 Å². The van der Waals surface area contributed by atoms with Gasteiger partial charge in [-0.3, -0.25) is 0 Å². The lowest BCUT2D eigenvalue weighted by atomic mass is 9.94. The minimum atomic E-state index is -1.87. The highest BCUT2D eigenvalue weighted by molar-refractivity contribution is 5.73. The van der Waals surface area contributed by atoms with Crippen LogP contribution in [0.25, 0.3) is 11.1 Å². The molecule has 0 aromatic heterocycles. The van der Waals surface area contributed by atoms with Crippen LogP contribution in [0.5, 0.6) is 0 Å². The van der Waals surface area contributed by atoms with Crippen molar-refractivity contribution < 1.29 is 14.3 Å². The smallest absolute Gasteiger partial charge is 0.338 e. The fourth-order valence-corrected chi connectivity index (χ4v) is 1.99. The van der Waals surface area contributed by atoms with Crippen molar-refractivity contribution >= 4 is 5.97 Å². The molecule has 2 atom stereocenters. The van der Waals surface area contributed by atoms with Crippen LogP contribution in [0.2, 0.25) is 0 Å². The van der Waals surface area contributed by atoms with E-state index in [1.54, 1.807) is 19.1 Å². The first kappa shape index (κ1) is 13.3. The van der Waals surface area contributed by atoms with E-state index in [1.165, 1.54) is 0 Å². The van der Waals surface area contributed by atoms with Gasteiger partial charge in [0.05, 0.1) is 0 Å². The number of carboxylic acids is 1. The van der Waals surface area contributed by atoms with E-state index in [0.29, 0.717) is 5.56 Å². The third kappa shape index (κ3) is 2.99. The number of aliphatic carboxylic acids is 1. The topological polar surface area (TPSA) is 37.3 Å². The van der Waals surface area contributed by atoms with E-state index in [1.807, 2.05) is 42.5 Å². The van der Waals surface area contributed by atoms with Crippen LogP contribution in [0.4, 0.5) is 4.39 Å². The van der Waals surface area contributed by atoms with E-state index in [0.717, 1.165) is 11.1 Å². The summed E-state index contributed by atoms with van der Waals surface area (Å²) < 4.78 is 13.4. The van der Waals surface area contributed by atoms with Gasteiger partial charge in [-0.1, -0.05) is 61.5 Å². The van der Waals surface area contributed by atoms with Gasteiger partial charge in [0.25, 0.3) is 0 Å². The summed E-state index contributed by atoms with van der Waals surface area (Å²) in [7, 11) is 0. The molecule has 0 aliphatic heterocycles. The predicted molar refractivity (Wildman–Crippen MR) is 72.8 cm³/mol. The summed E-state index contributed by atoms with van der Waals surface area (Å²) in [5.74, 6) is -2.07. The number of benzene rings is 2. The minimum absolute atomic E-state index is 0.651. The van der Waals surface area contributed by atoms with Gasteiger partial charge in [0, 0.05) is 5.92 Å². The Hall–Kier alpha value is -2.16. The van der Waals surface area contributed by atoms with Gasteiger partial charge in [0.1, 0.15) is 0 Å². The number of alkyl halides is 1. The number of carboxylic acid groups (broad SMARTS) is 1. The van der Waals surface area contributed by atoms with Crippen LogP contribution in [-0.4, -0.2) is 17.2 Å². The number of carbonyl (C=O) groups is 1. The second-order valence-electron chi connectivity index (χ2n) is 4.52. The highest BCUT2D eigenvalue weighted by atomic mass is 19.1. The molecule has 2 aromatic carbocycles. The van der Waals surface area contributed by atoms with Crippen LogP contribution in [0.3, 0.4) is 0 Å². The van der Waals surface area contributed by atoms with Gasteiger partial charge < -0.3 is 5.11 Å². The standard InChI is InChI=1S/C16H15FO2/c1-11(15(17)16(18)19)12-7-9-14(10-8-12)13-5-3-2-4-6-13/h2-11,15H,1H3,(H,18,19). The van der Waals surface area contributed by atoms with Crippen molar-refractivity contribution in [1.29, 1.82) is 0 Å². The quantitative estimate of drug-likeness (QED) is 0.903. The Bertz CT molecular complexity index is 549. The molecule has 19 heavy (non-hydrogen) atoms. The second kappa shape index (κ2) is 5.65. The van der Waals surface area contributed by atoms with Crippen LogP contribution >= 0.6 is 0 Å². The zero-order valence-corrected chi connectivity index (χ0v) is 10.6. The molecule has 2 nitrogen and oxygen atoms in total. The summed E-state index contributed by atoms with van der Waals surface area (Å²) in [6.07, 6.45) is -1.87. The Balaban J connectivity index is 2.22. The monoisotopic (exact) mass is 258 g/mol. The number of rotatable bonds is 4. The highest BCUT2D eigenvalue weighted by Crippen LogP contribution is 2.25. The molecule has 2 aromatic rings. The van der Waals surface area contributed by atoms with Gasteiger partial charge in [0.15, 0.2) is 0 Å². The molecule has 0 fully saturated rings. The van der Waals surface area contributed by atoms with Gasteiger partial charge >= 0.3 is 5.97 Å². The average Bonchev–Trinajstić information content (AvgIpc) is 2.46. The molecule has 98 valence electrons. The van der Waals surface area contributed by atoms with E-state index < -0.39 is 18.1 Å². The summed E-state index contributed by atoms with van der Waals surface area (Å²) >= 11 is 0. The maximum absolute atomic E-state index is 13.4. The van der Waals surface area contributed by atoms with Gasteiger partial charge in [-0.2, -0.15) is 0 Å². The highest BCUT2D eigenvalue weighted by Gasteiger charge is 2.25. The molecule has 0 aliphatic rings. The van der Waals surface area contributed by atoms with Crippen molar-refractivity contribution in [2.75, 3.05) is 0 Å². The molecule has 0 saturated carbocycles. The molecule has 2 rings (SSSR count). The van der Waals surface area contributed by atoms with Crippen molar-refractivity contribution in [3.63, 3.8) is 0 Å². The maximum Gasteiger partial charge on any atom is 0.338 e. The zero-order chi connectivity index (χ0) is 13.8. The van der Waals surface area contributed by atoms with Crippen molar-refractivity contribution in [1.82, 2.24) is 0 Å². The zero-order valence-electron chi connectivity index (χ0n) is 10.6. The van der Waals surface area contributed by atoms with Crippen molar-refractivity contribution in [3.8, 4) is 11.1 Å². The molecular formula is C16H15FO2. The molecule has 3 heteroatoms.